The van der Waals surface area contributed by atoms with Crippen molar-refractivity contribution in [3.05, 3.63) is 24.3 Å². The van der Waals surface area contributed by atoms with E-state index < -0.39 is 0 Å². The van der Waals surface area contributed by atoms with E-state index >= 15 is 0 Å². The average molecular weight is 277 g/mol. The number of nitrogens with two attached hydrogens (primary N) is 1. The number of carbonyl (C=O) groups is 1. The van der Waals surface area contributed by atoms with E-state index in [9.17, 15) is 4.79 Å². The number of carbonyl (C=O) groups excluding carboxylic acids is 1. The maximum absolute atomic E-state index is 12.3. The van der Waals surface area contributed by atoms with Crippen molar-refractivity contribution in [1.82, 2.24) is 4.90 Å². The molecule has 0 radical (unpaired) electrons. The van der Waals surface area contributed by atoms with Crippen LogP contribution in [0.15, 0.2) is 24.3 Å². The quantitative estimate of drug-likeness (QED) is 0.753. The van der Waals surface area contributed by atoms with E-state index in [-0.39, 0.29) is 11.9 Å². The van der Waals surface area contributed by atoms with Crippen LogP contribution in [0.1, 0.15) is 34.1 Å². The van der Waals surface area contributed by atoms with Gasteiger partial charge in [-0.05, 0) is 43.7 Å². The zero-order chi connectivity index (χ0) is 15.1. The van der Waals surface area contributed by atoms with Crippen molar-refractivity contribution in [2.24, 2.45) is 5.92 Å². The summed E-state index contributed by atoms with van der Waals surface area (Å²) in [5, 5.41) is 2.94. The van der Waals surface area contributed by atoms with Gasteiger partial charge in [-0.3, -0.25) is 9.69 Å². The Bertz CT molecular complexity index is 416. The summed E-state index contributed by atoms with van der Waals surface area (Å²) in [6.07, 6.45) is 1.13. The third kappa shape index (κ3) is 4.85. The molecule has 0 aliphatic rings. The zero-order valence-electron chi connectivity index (χ0n) is 13.0. The van der Waals surface area contributed by atoms with Gasteiger partial charge in [0.05, 0.1) is 6.04 Å². The summed E-state index contributed by atoms with van der Waals surface area (Å²) in [5.41, 5.74) is 7.12. The Balaban J connectivity index is 2.62. The Kier molecular flexibility index (Phi) is 6.52. The van der Waals surface area contributed by atoms with Crippen molar-refractivity contribution < 1.29 is 4.79 Å². The van der Waals surface area contributed by atoms with Gasteiger partial charge in [-0.15, -0.1) is 0 Å². The van der Waals surface area contributed by atoms with E-state index in [0.29, 0.717) is 11.6 Å². The average Bonchev–Trinajstić information content (AvgIpc) is 2.46. The molecule has 0 spiro atoms. The maximum atomic E-state index is 12.3. The Morgan fingerprint density at radius 1 is 1.25 bits per heavy atom. The van der Waals surface area contributed by atoms with Crippen molar-refractivity contribution in [2.75, 3.05) is 24.1 Å². The molecule has 2 atom stereocenters. The number of nitrogen functional groups attached to an aromatic ring is 1. The van der Waals surface area contributed by atoms with Gasteiger partial charge >= 0.3 is 0 Å². The highest BCUT2D eigenvalue weighted by atomic mass is 16.2. The Labute approximate surface area is 122 Å². The first kappa shape index (κ1) is 16.5. The fraction of sp³-hybridized carbons (Fsp3) is 0.562. The predicted octanol–water partition coefficient (Wildman–Crippen LogP) is 2.96. The highest BCUT2D eigenvalue weighted by Gasteiger charge is 2.21. The number of nitrogens with one attached hydrogen (secondary N) is 1. The first-order valence-electron chi connectivity index (χ1n) is 7.38. The largest absolute Gasteiger partial charge is 0.399 e. The minimum absolute atomic E-state index is 0.0277. The van der Waals surface area contributed by atoms with Gasteiger partial charge in [0.2, 0.25) is 5.91 Å². The van der Waals surface area contributed by atoms with Crippen LogP contribution in [0.25, 0.3) is 0 Å². The predicted molar refractivity (Wildman–Crippen MR) is 85.6 cm³/mol. The monoisotopic (exact) mass is 277 g/mol. The van der Waals surface area contributed by atoms with Crippen molar-refractivity contribution in [3.63, 3.8) is 0 Å². The molecule has 1 amide bonds. The highest BCUT2D eigenvalue weighted by Crippen LogP contribution is 2.13. The molecule has 4 heteroatoms. The van der Waals surface area contributed by atoms with Gasteiger partial charge < -0.3 is 11.1 Å². The molecule has 1 rings (SSSR count). The fourth-order valence-electron chi connectivity index (χ4n) is 2.07. The molecule has 3 N–H and O–H groups in total. The number of anilines is 2. The Morgan fingerprint density at radius 2 is 1.85 bits per heavy atom. The first-order valence-corrected chi connectivity index (χ1v) is 7.38. The van der Waals surface area contributed by atoms with Crippen LogP contribution in [0, 0.1) is 5.92 Å². The summed E-state index contributed by atoms with van der Waals surface area (Å²) < 4.78 is 0. The van der Waals surface area contributed by atoms with Crippen LogP contribution in [0.2, 0.25) is 0 Å². The SMILES string of the molecule is CCC(C)CN(CC)C(C)C(=O)Nc1ccc(N)cc1. The summed E-state index contributed by atoms with van der Waals surface area (Å²) in [6, 6.07) is 7.09. The van der Waals surface area contributed by atoms with Crippen LogP contribution >= 0.6 is 0 Å². The molecule has 2 unspecified atom stereocenters. The Morgan fingerprint density at radius 3 is 2.35 bits per heavy atom. The third-order valence-corrected chi connectivity index (χ3v) is 3.75. The number of hydrogen-bond acceptors (Lipinski definition) is 3. The number of amides is 1. The molecule has 0 bridgehead atoms. The topological polar surface area (TPSA) is 58.4 Å². The lowest BCUT2D eigenvalue weighted by atomic mass is 10.1. The molecule has 20 heavy (non-hydrogen) atoms. The molecular weight excluding hydrogens is 250 g/mol. The van der Waals surface area contributed by atoms with Gasteiger partial charge in [-0.2, -0.15) is 0 Å². The van der Waals surface area contributed by atoms with Gasteiger partial charge in [-0.1, -0.05) is 27.2 Å². The summed E-state index contributed by atoms with van der Waals surface area (Å²) in [5.74, 6) is 0.627. The normalized spacial score (nSPS) is 14.1. The van der Waals surface area contributed by atoms with Gasteiger partial charge in [0.1, 0.15) is 0 Å². The minimum Gasteiger partial charge on any atom is -0.399 e. The van der Waals surface area contributed by atoms with Crippen LogP contribution in [0.3, 0.4) is 0 Å². The van der Waals surface area contributed by atoms with Gasteiger partial charge in [0.25, 0.3) is 0 Å². The number of nitrogens with zero attached hydrogens (tertiary/aromatic N) is 1. The second-order valence-electron chi connectivity index (χ2n) is 5.39. The number of hydrogen-bond donors (Lipinski definition) is 2. The second kappa shape index (κ2) is 7.90. The maximum Gasteiger partial charge on any atom is 0.241 e. The van der Waals surface area contributed by atoms with Gasteiger partial charge in [-0.25, -0.2) is 0 Å². The minimum atomic E-state index is -0.133. The summed E-state index contributed by atoms with van der Waals surface area (Å²) in [6.45, 7) is 10.3. The molecule has 4 nitrogen and oxygen atoms in total. The number of likely N-dealkylation sites (N-methyl/N-ethyl adjacent to an activating group) is 1. The lowest BCUT2D eigenvalue weighted by Crippen LogP contribution is -2.43. The smallest absolute Gasteiger partial charge is 0.241 e. The third-order valence-electron chi connectivity index (χ3n) is 3.75. The summed E-state index contributed by atoms with van der Waals surface area (Å²) in [7, 11) is 0. The Hall–Kier alpha value is -1.55. The van der Waals surface area contributed by atoms with E-state index in [4.69, 9.17) is 5.73 Å². The van der Waals surface area contributed by atoms with Crippen LogP contribution in [-0.4, -0.2) is 29.9 Å². The summed E-state index contributed by atoms with van der Waals surface area (Å²) >= 11 is 0. The number of benzene rings is 1. The van der Waals surface area contributed by atoms with Crippen molar-refractivity contribution in [2.45, 2.75) is 40.2 Å². The molecule has 1 aromatic carbocycles. The lowest BCUT2D eigenvalue weighted by molar-refractivity contribution is -0.120. The molecule has 0 saturated carbocycles. The number of rotatable bonds is 7. The van der Waals surface area contributed by atoms with Crippen LogP contribution in [0.5, 0.6) is 0 Å². The van der Waals surface area contributed by atoms with E-state index in [1.807, 2.05) is 19.1 Å². The molecular formula is C16H27N3O. The molecule has 0 aliphatic heterocycles. The molecule has 0 heterocycles. The van der Waals surface area contributed by atoms with Crippen LogP contribution < -0.4 is 11.1 Å². The van der Waals surface area contributed by atoms with Crippen LogP contribution in [-0.2, 0) is 4.79 Å². The molecule has 0 aliphatic carbocycles. The van der Waals surface area contributed by atoms with Crippen molar-refractivity contribution >= 4 is 17.3 Å². The molecule has 0 aromatic heterocycles. The van der Waals surface area contributed by atoms with Crippen molar-refractivity contribution in [1.29, 1.82) is 0 Å². The molecule has 0 saturated heterocycles. The van der Waals surface area contributed by atoms with Crippen LogP contribution in [0.4, 0.5) is 11.4 Å². The lowest BCUT2D eigenvalue weighted by Gasteiger charge is -2.29. The molecule has 112 valence electrons. The second-order valence-corrected chi connectivity index (χ2v) is 5.39. The van der Waals surface area contributed by atoms with Crippen molar-refractivity contribution in [3.8, 4) is 0 Å². The van der Waals surface area contributed by atoms with Gasteiger partial charge in [0, 0.05) is 17.9 Å². The first-order chi connectivity index (χ1) is 9.47. The molecule has 1 aromatic rings. The highest BCUT2D eigenvalue weighted by molar-refractivity contribution is 5.94. The molecule has 0 fully saturated rings. The zero-order valence-corrected chi connectivity index (χ0v) is 13.0. The van der Waals surface area contributed by atoms with E-state index in [1.54, 1.807) is 12.1 Å². The van der Waals surface area contributed by atoms with E-state index in [2.05, 4.69) is 31.0 Å². The van der Waals surface area contributed by atoms with E-state index in [0.717, 1.165) is 25.2 Å². The van der Waals surface area contributed by atoms with Gasteiger partial charge in [0.15, 0.2) is 0 Å². The fourth-order valence-corrected chi connectivity index (χ4v) is 2.07. The van der Waals surface area contributed by atoms with E-state index in [1.165, 1.54) is 0 Å². The standard InChI is InChI=1S/C16H27N3O/c1-5-12(3)11-19(6-2)13(4)16(20)18-15-9-7-14(17)8-10-15/h7-10,12-13H,5-6,11,17H2,1-4H3,(H,18,20). The summed E-state index contributed by atoms with van der Waals surface area (Å²) in [4.78, 5) is 14.5.